The molecule has 1 atom stereocenters. The van der Waals surface area contributed by atoms with Crippen molar-refractivity contribution >= 4 is 23.8 Å². The number of hydrogen-bond donors (Lipinski definition) is 0. The Hall–Kier alpha value is -4.26. The number of benzene rings is 3. The van der Waals surface area contributed by atoms with Gasteiger partial charge in [-0.15, -0.1) is 0 Å². The van der Waals surface area contributed by atoms with Gasteiger partial charge in [0.05, 0.1) is 23.8 Å². The summed E-state index contributed by atoms with van der Waals surface area (Å²) in [6, 6.07) is 20.2. The molecule has 1 aliphatic heterocycles. The minimum atomic E-state index is -1.16. The zero-order chi connectivity index (χ0) is 22.7. The molecular weight excluding hydrogens is 410 g/mol. The molecule has 0 saturated heterocycles. The van der Waals surface area contributed by atoms with Crippen molar-refractivity contribution in [2.45, 2.75) is 12.5 Å². The van der Waals surface area contributed by atoms with Crippen molar-refractivity contribution in [2.75, 3.05) is 7.11 Å². The van der Waals surface area contributed by atoms with Crippen LogP contribution in [0.5, 0.6) is 5.75 Å². The Morgan fingerprint density at radius 1 is 0.812 bits per heavy atom. The Balaban J connectivity index is 1.63. The fourth-order valence-corrected chi connectivity index (χ4v) is 3.57. The number of carbonyl (C=O) groups excluding carboxylic acids is 4. The van der Waals surface area contributed by atoms with Crippen LogP contribution in [0.3, 0.4) is 0 Å². The molecule has 32 heavy (non-hydrogen) atoms. The van der Waals surface area contributed by atoms with Crippen molar-refractivity contribution in [2.24, 2.45) is 0 Å². The highest BCUT2D eigenvalue weighted by atomic mass is 16.5. The van der Waals surface area contributed by atoms with Crippen LogP contribution in [0.2, 0.25) is 0 Å². The van der Waals surface area contributed by atoms with Crippen LogP contribution in [0.4, 0.5) is 0 Å². The number of amides is 2. The quantitative estimate of drug-likeness (QED) is 0.339. The van der Waals surface area contributed by atoms with Crippen LogP contribution in [-0.2, 0) is 16.0 Å². The van der Waals surface area contributed by atoms with Crippen LogP contribution < -0.4 is 4.74 Å². The van der Waals surface area contributed by atoms with Gasteiger partial charge in [0.1, 0.15) is 11.8 Å². The minimum absolute atomic E-state index is 0.103. The molecule has 0 aliphatic carbocycles. The Kier molecular flexibility index (Phi) is 5.81. The second-order valence-electron chi connectivity index (χ2n) is 7.17. The van der Waals surface area contributed by atoms with Crippen molar-refractivity contribution in [3.63, 3.8) is 0 Å². The molecule has 0 spiro atoms. The van der Waals surface area contributed by atoms with Gasteiger partial charge >= 0.3 is 11.9 Å². The standard InChI is InChI=1S/C25H19NO6/c1-31-24(29)17-11-13-18(14-12-17)32-25(30)21(15-16-7-3-2-4-8-16)26-22(27)19-9-5-6-10-20(19)23(26)28/h2-14,21H,15H2,1H3. The molecule has 4 rings (SSSR count). The highest BCUT2D eigenvalue weighted by Crippen LogP contribution is 2.27. The fraction of sp³-hybridized carbons (Fsp3) is 0.120. The maximum absolute atomic E-state index is 13.2. The zero-order valence-electron chi connectivity index (χ0n) is 17.2. The van der Waals surface area contributed by atoms with Crippen molar-refractivity contribution in [1.82, 2.24) is 4.90 Å². The molecule has 1 unspecified atom stereocenters. The van der Waals surface area contributed by atoms with E-state index in [0.717, 1.165) is 10.5 Å². The smallest absolute Gasteiger partial charge is 0.337 e. The van der Waals surface area contributed by atoms with Gasteiger partial charge in [-0.1, -0.05) is 42.5 Å². The minimum Gasteiger partial charge on any atom is -0.465 e. The molecular formula is C25H19NO6. The molecule has 0 fully saturated rings. The fourth-order valence-electron chi connectivity index (χ4n) is 3.57. The van der Waals surface area contributed by atoms with Gasteiger partial charge in [-0.2, -0.15) is 0 Å². The number of carbonyl (C=O) groups is 4. The Bertz CT molecular complexity index is 1150. The summed E-state index contributed by atoms with van der Waals surface area (Å²) in [6.45, 7) is 0. The Labute approximate surface area is 184 Å². The molecule has 0 saturated carbocycles. The summed E-state index contributed by atoms with van der Waals surface area (Å²) < 4.78 is 10.1. The first-order chi connectivity index (χ1) is 15.5. The number of nitrogens with zero attached hydrogens (tertiary/aromatic N) is 1. The first-order valence-corrected chi connectivity index (χ1v) is 9.90. The van der Waals surface area contributed by atoms with Gasteiger partial charge in [-0.3, -0.25) is 14.5 Å². The summed E-state index contributed by atoms with van der Waals surface area (Å²) in [5.41, 5.74) is 1.58. The van der Waals surface area contributed by atoms with Crippen LogP contribution in [0.1, 0.15) is 36.6 Å². The van der Waals surface area contributed by atoms with E-state index in [0.29, 0.717) is 5.56 Å². The Morgan fingerprint density at radius 2 is 1.38 bits per heavy atom. The SMILES string of the molecule is COC(=O)c1ccc(OC(=O)C(Cc2ccccc2)N2C(=O)c3ccccc3C2=O)cc1. The third-order valence-electron chi connectivity index (χ3n) is 5.17. The summed E-state index contributed by atoms with van der Waals surface area (Å²) in [5.74, 6) is -2.17. The number of hydrogen-bond acceptors (Lipinski definition) is 6. The van der Waals surface area contributed by atoms with Crippen molar-refractivity contribution < 1.29 is 28.7 Å². The van der Waals surface area contributed by atoms with E-state index in [-0.39, 0.29) is 23.3 Å². The zero-order valence-corrected chi connectivity index (χ0v) is 17.2. The molecule has 0 radical (unpaired) electrons. The molecule has 160 valence electrons. The van der Waals surface area contributed by atoms with E-state index >= 15 is 0 Å². The molecule has 0 bridgehead atoms. The number of methoxy groups -OCH3 is 1. The number of fused-ring (bicyclic) bond motifs is 1. The number of rotatable bonds is 6. The lowest BCUT2D eigenvalue weighted by Gasteiger charge is -2.24. The largest absolute Gasteiger partial charge is 0.465 e. The van der Waals surface area contributed by atoms with E-state index in [1.165, 1.54) is 31.4 Å². The monoisotopic (exact) mass is 429 g/mol. The summed E-state index contributed by atoms with van der Waals surface area (Å²) in [5, 5.41) is 0. The van der Waals surface area contributed by atoms with Gasteiger partial charge in [0, 0.05) is 6.42 Å². The van der Waals surface area contributed by atoms with Crippen LogP contribution in [0.15, 0.2) is 78.9 Å². The number of esters is 2. The van der Waals surface area contributed by atoms with Gasteiger partial charge in [-0.05, 0) is 42.0 Å². The topological polar surface area (TPSA) is 90.0 Å². The second-order valence-corrected chi connectivity index (χ2v) is 7.17. The lowest BCUT2D eigenvalue weighted by atomic mass is 10.0. The highest BCUT2D eigenvalue weighted by Gasteiger charge is 2.43. The average Bonchev–Trinajstić information content (AvgIpc) is 3.08. The van der Waals surface area contributed by atoms with Crippen molar-refractivity contribution in [1.29, 1.82) is 0 Å². The molecule has 7 nitrogen and oxygen atoms in total. The van der Waals surface area contributed by atoms with E-state index in [9.17, 15) is 19.2 Å². The first kappa shape index (κ1) is 21.0. The lowest BCUT2D eigenvalue weighted by Crippen LogP contribution is -2.48. The van der Waals surface area contributed by atoms with E-state index in [2.05, 4.69) is 4.74 Å². The average molecular weight is 429 g/mol. The molecule has 1 aliphatic rings. The molecule has 0 N–H and O–H groups in total. The van der Waals surface area contributed by atoms with Crippen LogP contribution in [0, 0.1) is 0 Å². The van der Waals surface area contributed by atoms with Gasteiger partial charge in [0.2, 0.25) is 0 Å². The Morgan fingerprint density at radius 3 is 1.94 bits per heavy atom. The maximum atomic E-state index is 13.2. The van der Waals surface area contributed by atoms with Gasteiger partial charge in [-0.25, -0.2) is 9.59 Å². The number of ether oxygens (including phenoxy) is 2. The summed E-state index contributed by atoms with van der Waals surface area (Å²) in [7, 11) is 1.27. The third kappa shape index (κ3) is 4.00. The maximum Gasteiger partial charge on any atom is 0.337 e. The summed E-state index contributed by atoms with van der Waals surface area (Å²) in [4.78, 5) is 51.7. The van der Waals surface area contributed by atoms with E-state index in [4.69, 9.17) is 4.74 Å². The predicted octanol–water partition coefficient (Wildman–Crippen LogP) is 3.29. The van der Waals surface area contributed by atoms with Gasteiger partial charge in [0.25, 0.3) is 11.8 Å². The van der Waals surface area contributed by atoms with E-state index < -0.39 is 29.8 Å². The van der Waals surface area contributed by atoms with Gasteiger partial charge < -0.3 is 9.47 Å². The van der Waals surface area contributed by atoms with Crippen molar-refractivity contribution in [3.05, 3.63) is 101 Å². The molecule has 3 aromatic carbocycles. The third-order valence-corrected chi connectivity index (χ3v) is 5.17. The molecule has 7 heteroatoms. The van der Waals surface area contributed by atoms with E-state index in [1.807, 2.05) is 30.3 Å². The molecule has 1 heterocycles. The first-order valence-electron chi connectivity index (χ1n) is 9.90. The van der Waals surface area contributed by atoms with Crippen LogP contribution in [-0.4, -0.2) is 41.8 Å². The number of imide groups is 1. The van der Waals surface area contributed by atoms with Crippen molar-refractivity contribution in [3.8, 4) is 5.75 Å². The van der Waals surface area contributed by atoms with E-state index in [1.54, 1.807) is 24.3 Å². The predicted molar refractivity (Wildman–Crippen MR) is 114 cm³/mol. The molecule has 0 aromatic heterocycles. The molecule has 2 amide bonds. The summed E-state index contributed by atoms with van der Waals surface area (Å²) in [6.07, 6.45) is 0.103. The van der Waals surface area contributed by atoms with Crippen LogP contribution in [0.25, 0.3) is 0 Å². The van der Waals surface area contributed by atoms with Gasteiger partial charge in [0.15, 0.2) is 0 Å². The van der Waals surface area contributed by atoms with Crippen LogP contribution >= 0.6 is 0 Å². The molecule has 3 aromatic rings. The second kappa shape index (κ2) is 8.85. The lowest BCUT2D eigenvalue weighted by molar-refractivity contribution is -0.138. The highest BCUT2D eigenvalue weighted by molar-refractivity contribution is 6.22. The normalized spacial score (nSPS) is 13.5. The summed E-state index contributed by atoms with van der Waals surface area (Å²) >= 11 is 0.